The van der Waals surface area contributed by atoms with Gasteiger partial charge in [0.1, 0.15) is 17.0 Å². The van der Waals surface area contributed by atoms with Gasteiger partial charge in [-0.05, 0) is 71.5 Å². The van der Waals surface area contributed by atoms with Crippen LogP contribution in [0.25, 0.3) is 28.0 Å². The number of nitrogens with zero attached hydrogens (tertiary/aromatic N) is 4. The summed E-state index contributed by atoms with van der Waals surface area (Å²) in [6.07, 6.45) is 8.60. The van der Waals surface area contributed by atoms with Crippen LogP contribution in [-0.2, 0) is 11.1 Å². The molecule has 6 nitrogen and oxygen atoms in total. The van der Waals surface area contributed by atoms with Gasteiger partial charge < -0.3 is 5.32 Å². The van der Waals surface area contributed by atoms with Gasteiger partial charge in [0.2, 0.25) is 0 Å². The van der Waals surface area contributed by atoms with E-state index < -0.39 is 34.4 Å². The minimum Gasteiger partial charge on any atom is -0.342 e. The number of halogens is 3. The number of imidazole rings is 1. The molecule has 1 N–H and O–H groups in total. The molecule has 1 aliphatic carbocycles. The Kier molecular flexibility index (Phi) is 8.00. The number of pyridine rings is 1. The quantitative estimate of drug-likeness (QED) is 0.152. The van der Waals surface area contributed by atoms with E-state index in [9.17, 15) is 13.6 Å². The van der Waals surface area contributed by atoms with Crippen LogP contribution >= 0.6 is 0 Å². The third-order valence-corrected chi connectivity index (χ3v) is 10.4. The number of benzene rings is 5. The molecule has 0 aliphatic heterocycles. The van der Waals surface area contributed by atoms with E-state index in [0.717, 1.165) is 39.9 Å². The van der Waals surface area contributed by atoms with Crippen molar-refractivity contribution < 1.29 is 18.0 Å². The minimum atomic E-state index is -0.992. The molecule has 0 saturated heterocycles. The van der Waals surface area contributed by atoms with Crippen molar-refractivity contribution in [1.82, 2.24) is 24.5 Å². The Bertz CT molecular complexity index is 2550. The molecule has 3 heterocycles. The topological polar surface area (TPSA) is 64.2 Å². The molecule has 264 valence electrons. The van der Waals surface area contributed by atoms with E-state index in [1.165, 1.54) is 18.2 Å². The largest absolute Gasteiger partial charge is 0.342 e. The second kappa shape index (κ2) is 13.0. The van der Waals surface area contributed by atoms with E-state index in [4.69, 9.17) is 5.10 Å². The van der Waals surface area contributed by atoms with Gasteiger partial charge >= 0.3 is 0 Å². The van der Waals surface area contributed by atoms with Crippen LogP contribution in [0.2, 0.25) is 0 Å². The van der Waals surface area contributed by atoms with Crippen LogP contribution in [0, 0.1) is 17.5 Å². The van der Waals surface area contributed by atoms with E-state index in [2.05, 4.69) is 46.7 Å². The zero-order chi connectivity index (χ0) is 36.9. The number of fused-ring (bicyclic) bond motifs is 1. The summed E-state index contributed by atoms with van der Waals surface area (Å²) in [4.78, 5) is 17.8. The van der Waals surface area contributed by atoms with Crippen molar-refractivity contribution in [3.8, 4) is 22.4 Å². The number of carbonyl (C=O) groups excluding carboxylic acids is 1. The third kappa shape index (κ3) is 5.56. The summed E-state index contributed by atoms with van der Waals surface area (Å²) in [5.74, 6) is -3.30. The zero-order valence-electron chi connectivity index (χ0n) is 28.8. The number of amides is 1. The minimum absolute atomic E-state index is 0.145. The van der Waals surface area contributed by atoms with Crippen molar-refractivity contribution in [2.24, 2.45) is 0 Å². The number of hydrogen-bond acceptors (Lipinski definition) is 3. The van der Waals surface area contributed by atoms with Crippen LogP contribution in [0.15, 0.2) is 164 Å². The van der Waals surface area contributed by atoms with Crippen molar-refractivity contribution in [2.75, 3.05) is 0 Å². The second-order valence-corrected chi connectivity index (χ2v) is 13.6. The molecular weight excluding hydrogens is 684 g/mol. The Morgan fingerprint density at radius 3 is 1.85 bits per heavy atom. The molecule has 1 aliphatic rings. The summed E-state index contributed by atoms with van der Waals surface area (Å²) in [5.41, 5.74) is 5.42. The van der Waals surface area contributed by atoms with Gasteiger partial charge in [-0.25, -0.2) is 18.2 Å². The highest BCUT2D eigenvalue weighted by atomic mass is 19.2. The van der Waals surface area contributed by atoms with Crippen LogP contribution in [0.5, 0.6) is 0 Å². The molecular formula is C45H32F3N5O. The first-order valence-corrected chi connectivity index (χ1v) is 17.6. The van der Waals surface area contributed by atoms with Crippen LogP contribution in [-0.4, -0.2) is 25.1 Å². The highest BCUT2D eigenvalue weighted by Gasteiger charge is 2.46. The van der Waals surface area contributed by atoms with Crippen LogP contribution in [0.1, 0.15) is 45.5 Å². The standard InChI is InChI=1S/C45H32F3N5O/c46-38-20-18-36(25-40(38)48)44(22-23-44)51-43(54)37-19-16-30(24-39(37)47)41-27-49-42-21-17-31(28-52(41)42)32-26-50-53(29-32)45(33-10-4-1-5-11-33,34-12-6-2-7-13-34)35-14-8-3-9-15-35/h1-21,24-29H,22-23H2,(H,51,54). The van der Waals surface area contributed by atoms with Gasteiger partial charge in [-0.3, -0.25) is 13.9 Å². The number of carbonyl (C=O) groups is 1. The number of aromatic nitrogens is 4. The Balaban J connectivity index is 1.06. The lowest BCUT2D eigenvalue weighted by atomic mass is 9.77. The SMILES string of the molecule is O=C(NC1(c2ccc(F)c(F)c2)CC1)c1ccc(-c2cnc3ccc(-c4cnn(C(c5ccccc5)(c5ccccc5)c5ccccc5)c4)cn23)cc1F. The number of hydrogen-bond donors (Lipinski definition) is 1. The van der Waals surface area contributed by atoms with E-state index in [1.807, 2.05) is 94.4 Å². The van der Waals surface area contributed by atoms with Gasteiger partial charge in [0.05, 0.1) is 29.2 Å². The maximum Gasteiger partial charge on any atom is 0.254 e. The molecule has 0 atom stereocenters. The average Bonchev–Trinajstić information content (AvgIpc) is 3.60. The van der Waals surface area contributed by atoms with Crippen molar-refractivity contribution in [3.63, 3.8) is 0 Å². The average molecular weight is 716 g/mol. The van der Waals surface area contributed by atoms with E-state index >= 15 is 4.39 Å². The fourth-order valence-corrected chi connectivity index (χ4v) is 7.50. The van der Waals surface area contributed by atoms with Gasteiger partial charge in [-0.15, -0.1) is 0 Å². The lowest BCUT2D eigenvalue weighted by molar-refractivity contribution is 0.0926. The first kappa shape index (κ1) is 33.1. The molecule has 1 amide bonds. The molecule has 9 rings (SSSR count). The van der Waals surface area contributed by atoms with Crippen molar-refractivity contribution in [1.29, 1.82) is 0 Å². The number of nitrogens with one attached hydrogen (secondary N) is 1. The van der Waals surface area contributed by atoms with Crippen LogP contribution in [0.4, 0.5) is 13.2 Å². The molecule has 54 heavy (non-hydrogen) atoms. The molecule has 3 aromatic heterocycles. The fraction of sp³-hybridized carbons (Fsp3) is 0.0889. The van der Waals surface area contributed by atoms with Crippen molar-refractivity contribution >= 4 is 11.6 Å². The monoisotopic (exact) mass is 715 g/mol. The lowest BCUT2D eigenvalue weighted by Gasteiger charge is -2.36. The predicted molar refractivity (Wildman–Crippen MR) is 201 cm³/mol. The third-order valence-electron chi connectivity index (χ3n) is 10.4. The summed E-state index contributed by atoms with van der Waals surface area (Å²) in [5, 5.41) is 7.85. The molecule has 1 saturated carbocycles. The summed E-state index contributed by atoms with van der Waals surface area (Å²) in [6, 6.07) is 42.9. The van der Waals surface area contributed by atoms with Crippen LogP contribution < -0.4 is 5.32 Å². The Labute approximate surface area is 309 Å². The van der Waals surface area contributed by atoms with E-state index in [-0.39, 0.29) is 5.56 Å². The fourth-order valence-electron chi connectivity index (χ4n) is 7.50. The summed E-state index contributed by atoms with van der Waals surface area (Å²) < 4.78 is 47.1. The molecule has 8 aromatic rings. The lowest BCUT2D eigenvalue weighted by Crippen LogP contribution is -2.38. The van der Waals surface area contributed by atoms with Gasteiger partial charge in [-0.2, -0.15) is 5.10 Å². The second-order valence-electron chi connectivity index (χ2n) is 13.6. The van der Waals surface area contributed by atoms with Gasteiger partial charge in [-0.1, -0.05) is 103 Å². The Hall–Kier alpha value is -6.74. The Morgan fingerprint density at radius 1 is 0.630 bits per heavy atom. The molecule has 0 radical (unpaired) electrons. The van der Waals surface area contributed by atoms with Crippen LogP contribution in [0.3, 0.4) is 0 Å². The zero-order valence-corrected chi connectivity index (χ0v) is 28.8. The normalized spacial score (nSPS) is 13.5. The highest BCUT2D eigenvalue weighted by molar-refractivity contribution is 5.96. The maximum atomic E-state index is 15.7. The van der Waals surface area contributed by atoms with Gasteiger partial charge in [0.25, 0.3) is 5.91 Å². The molecule has 9 heteroatoms. The summed E-state index contributed by atoms with van der Waals surface area (Å²) in [7, 11) is 0. The first-order chi connectivity index (χ1) is 26.4. The van der Waals surface area contributed by atoms with E-state index in [1.54, 1.807) is 12.3 Å². The highest BCUT2D eigenvalue weighted by Crippen LogP contribution is 2.46. The van der Waals surface area contributed by atoms with Gasteiger partial charge in [0, 0.05) is 29.1 Å². The molecule has 1 fully saturated rings. The van der Waals surface area contributed by atoms with Crippen molar-refractivity contribution in [2.45, 2.75) is 23.9 Å². The molecule has 0 spiro atoms. The Morgan fingerprint density at radius 2 is 1.26 bits per heavy atom. The summed E-state index contributed by atoms with van der Waals surface area (Å²) in [6.45, 7) is 0. The predicted octanol–water partition coefficient (Wildman–Crippen LogP) is 9.54. The molecule has 0 unspecified atom stereocenters. The summed E-state index contributed by atoms with van der Waals surface area (Å²) >= 11 is 0. The first-order valence-electron chi connectivity index (χ1n) is 17.6. The molecule has 0 bridgehead atoms. The molecule has 5 aromatic carbocycles. The smallest absolute Gasteiger partial charge is 0.254 e. The van der Waals surface area contributed by atoms with Crippen molar-refractivity contribution in [3.05, 3.63) is 210 Å². The number of rotatable bonds is 9. The van der Waals surface area contributed by atoms with E-state index in [0.29, 0.717) is 35.3 Å². The maximum absolute atomic E-state index is 15.7. The van der Waals surface area contributed by atoms with Gasteiger partial charge in [0.15, 0.2) is 11.6 Å².